The molecule has 17 heavy (non-hydrogen) atoms. The van der Waals surface area contributed by atoms with Crippen molar-refractivity contribution in [2.45, 2.75) is 13.0 Å². The van der Waals surface area contributed by atoms with E-state index < -0.39 is 0 Å². The molecule has 0 aliphatic rings. The summed E-state index contributed by atoms with van der Waals surface area (Å²) in [5.74, 6) is 0.863. The molecule has 0 heterocycles. The van der Waals surface area contributed by atoms with E-state index in [0.717, 1.165) is 5.75 Å². The molecular weight excluding hydrogens is 210 g/mol. The van der Waals surface area contributed by atoms with E-state index in [9.17, 15) is 0 Å². The van der Waals surface area contributed by atoms with Crippen LogP contribution in [0.5, 0.6) is 5.75 Å². The Bertz CT molecular complexity index is 448. The van der Waals surface area contributed by atoms with Crippen LogP contribution in [0, 0.1) is 0 Å². The van der Waals surface area contributed by atoms with Crippen molar-refractivity contribution in [1.82, 2.24) is 0 Å². The van der Waals surface area contributed by atoms with Gasteiger partial charge in [-0.3, -0.25) is 0 Å². The second-order valence-electron chi connectivity index (χ2n) is 4.18. The maximum atomic E-state index is 5.64. The zero-order valence-corrected chi connectivity index (χ0v) is 9.97. The molecule has 0 aliphatic heterocycles. The van der Waals surface area contributed by atoms with Crippen molar-refractivity contribution in [1.29, 1.82) is 0 Å². The Morgan fingerprint density at radius 3 is 2.12 bits per heavy atom. The van der Waals surface area contributed by atoms with Crippen LogP contribution in [0.4, 0.5) is 0 Å². The van der Waals surface area contributed by atoms with E-state index in [-0.39, 0.29) is 6.04 Å². The van der Waals surface area contributed by atoms with Gasteiger partial charge in [-0.05, 0) is 30.2 Å². The predicted molar refractivity (Wildman–Crippen MR) is 71.0 cm³/mol. The van der Waals surface area contributed by atoms with E-state index in [1.165, 1.54) is 11.1 Å². The van der Waals surface area contributed by atoms with Crippen LogP contribution < -0.4 is 10.5 Å². The first-order valence-electron chi connectivity index (χ1n) is 5.79. The van der Waals surface area contributed by atoms with E-state index in [1.54, 1.807) is 0 Å². The predicted octanol–water partition coefficient (Wildman–Crippen LogP) is 3.08. The van der Waals surface area contributed by atoms with Crippen LogP contribution >= 0.6 is 0 Å². The lowest BCUT2D eigenvalue weighted by atomic mass is 10.1. The Morgan fingerprint density at radius 2 is 1.53 bits per heavy atom. The van der Waals surface area contributed by atoms with Gasteiger partial charge in [0.1, 0.15) is 12.4 Å². The second-order valence-corrected chi connectivity index (χ2v) is 4.18. The standard InChI is InChI=1S/C15H17NO/c1-12(16)11-17-15-9-7-14(8-10-15)13-5-3-2-4-6-13/h2-10,12H,11,16H2,1H3/t12-/m0/s1. The highest BCUT2D eigenvalue weighted by Crippen LogP contribution is 2.21. The summed E-state index contributed by atoms with van der Waals surface area (Å²) < 4.78 is 5.53. The molecule has 2 heteroatoms. The highest BCUT2D eigenvalue weighted by atomic mass is 16.5. The summed E-state index contributed by atoms with van der Waals surface area (Å²) in [5.41, 5.74) is 8.04. The molecule has 1 atom stereocenters. The molecule has 0 bridgehead atoms. The SMILES string of the molecule is C[C@H](N)COc1ccc(-c2ccccc2)cc1. The summed E-state index contributed by atoms with van der Waals surface area (Å²) in [6.07, 6.45) is 0. The zero-order valence-electron chi connectivity index (χ0n) is 9.97. The van der Waals surface area contributed by atoms with Gasteiger partial charge in [-0.25, -0.2) is 0 Å². The lowest BCUT2D eigenvalue weighted by molar-refractivity contribution is 0.296. The summed E-state index contributed by atoms with van der Waals surface area (Å²) in [6.45, 7) is 2.48. The Balaban J connectivity index is 2.08. The average molecular weight is 227 g/mol. The molecule has 0 saturated carbocycles. The number of rotatable bonds is 4. The topological polar surface area (TPSA) is 35.2 Å². The summed E-state index contributed by atoms with van der Waals surface area (Å²) in [7, 11) is 0. The first kappa shape index (κ1) is 11.7. The van der Waals surface area contributed by atoms with Gasteiger partial charge < -0.3 is 10.5 Å². The van der Waals surface area contributed by atoms with Crippen molar-refractivity contribution in [3.8, 4) is 16.9 Å². The third-order valence-corrected chi connectivity index (χ3v) is 2.47. The van der Waals surface area contributed by atoms with Gasteiger partial charge in [0.2, 0.25) is 0 Å². The Kier molecular flexibility index (Phi) is 3.78. The fourth-order valence-corrected chi connectivity index (χ4v) is 1.60. The average Bonchev–Trinajstić information content (AvgIpc) is 2.38. The van der Waals surface area contributed by atoms with Crippen LogP contribution in [0.15, 0.2) is 54.6 Å². The molecule has 2 rings (SSSR count). The van der Waals surface area contributed by atoms with Crippen LogP contribution in [0.1, 0.15) is 6.92 Å². The Labute approximate surface area is 102 Å². The smallest absolute Gasteiger partial charge is 0.119 e. The van der Waals surface area contributed by atoms with Crippen LogP contribution in [-0.2, 0) is 0 Å². The van der Waals surface area contributed by atoms with E-state index in [4.69, 9.17) is 10.5 Å². The number of nitrogens with two attached hydrogens (primary N) is 1. The number of hydrogen-bond acceptors (Lipinski definition) is 2. The number of benzene rings is 2. The molecule has 0 fully saturated rings. The molecule has 2 N–H and O–H groups in total. The molecule has 2 aromatic rings. The molecule has 0 radical (unpaired) electrons. The lowest BCUT2D eigenvalue weighted by Crippen LogP contribution is -2.23. The van der Waals surface area contributed by atoms with Crippen molar-refractivity contribution in [2.24, 2.45) is 5.73 Å². The minimum absolute atomic E-state index is 0.0591. The quantitative estimate of drug-likeness (QED) is 0.871. The van der Waals surface area contributed by atoms with Gasteiger partial charge in [0.25, 0.3) is 0 Å². The molecule has 0 aliphatic carbocycles. The van der Waals surface area contributed by atoms with Crippen molar-refractivity contribution < 1.29 is 4.74 Å². The van der Waals surface area contributed by atoms with Crippen molar-refractivity contribution >= 4 is 0 Å². The van der Waals surface area contributed by atoms with Gasteiger partial charge in [-0.2, -0.15) is 0 Å². The summed E-state index contributed by atoms with van der Waals surface area (Å²) in [4.78, 5) is 0. The van der Waals surface area contributed by atoms with Crippen LogP contribution in [0.3, 0.4) is 0 Å². The minimum atomic E-state index is 0.0591. The third kappa shape index (κ3) is 3.33. The lowest BCUT2D eigenvalue weighted by Gasteiger charge is -2.09. The van der Waals surface area contributed by atoms with Gasteiger partial charge in [-0.1, -0.05) is 42.5 Å². The molecular formula is C15H17NO. The van der Waals surface area contributed by atoms with Crippen molar-refractivity contribution in [3.05, 3.63) is 54.6 Å². The van der Waals surface area contributed by atoms with Gasteiger partial charge in [0.05, 0.1) is 0 Å². The molecule has 0 saturated heterocycles. The summed E-state index contributed by atoms with van der Waals surface area (Å²) in [6, 6.07) is 18.4. The first-order valence-corrected chi connectivity index (χ1v) is 5.79. The first-order chi connectivity index (χ1) is 8.25. The van der Waals surface area contributed by atoms with E-state index in [0.29, 0.717) is 6.61 Å². The van der Waals surface area contributed by atoms with Crippen LogP contribution in [-0.4, -0.2) is 12.6 Å². The van der Waals surface area contributed by atoms with E-state index in [2.05, 4.69) is 24.3 Å². The van der Waals surface area contributed by atoms with Crippen molar-refractivity contribution in [3.63, 3.8) is 0 Å². The van der Waals surface area contributed by atoms with Gasteiger partial charge in [-0.15, -0.1) is 0 Å². The second kappa shape index (κ2) is 5.51. The monoisotopic (exact) mass is 227 g/mol. The highest BCUT2D eigenvalue weighted by molar-refractivity contribution is 5.63. The van der Waals surface area contributed by atoms with Crippen LogP contribution in [0.2, 0.25) is 0 Å². The molecule has 0 spiro atoms. The van der Waals surface area contributed by atoms with Gasteiger partial charge in [0.15, 0.2) is 0 Å². The summed E-state index contributed by atoms with van der Waals surface area (Å²) in [5, 5.41) is 0. The fraction of sp³-hybridized carbons (Fsp3) is 0.200. The van der Waals surface area contributed by atoms with E-state index >= 15 is 0 Å². The van der Waals surface area contributed by atoms with E-state index in [1.807, 2.05) is 37.3 Å². The highest BCUT2D eigenvalue weighted by Gasteiger charge is 1.99. The molecule has 0 aromatic heterocycles. The normalized spacial score (nSPS) is 12.1. The molecule has 2 nitrogen and oxygen atoms in total. The molecule has 88 valence electrons. The third-order valence-electron chi connectivity index (χ3n) is 2.47. The Morgan fingerprint density at radius 1 is 0.941 bits per heavy atom. The van der Waals surface area contributed by atoms with Gasteiger partial charge in [0, 0.05) is 6.04 Å². The van der Waals surface area contributed by atoms with Crippen LogP contribution in [0.25, 0.3) is 11.1 Å². The fourth-order valence-electron chi connectivity index (χ4n) is 1.60. The maximum absolute atomic E-state index is 5.64. The number of hydrogen-bond donors (Lipinski definition) is 1. The molecule has 0 unspecified atom stereocenters. The molecule has 0 amide bonds. The Hall–Kier alpha value is -1.80. The number of ether oxygens (including phenoxy) is 1. The van der Waals surface area contributed by atoms with Crippen molar-refractivity contribution in [2.75, 3.05) is 6.61 Å². The zero-order chi connectivity index (χ0) is 12.1. The molecule has 2 aromatic carbocycles. The van der Waals surface area contributed by atoms with Gasteiger partial charge >= 0.3 is 0 Å². The minimum Gasteiger partial charge on any atom is -0.492 e. The summed E-state index contributed by atoms with van der Waals surface area (Å²) >= 11 is 0. The largest absolute Gasteiger partial charge is 0.492 e. The maximum Gasteiger partial charge on any atom is 0.119 e.